The van der Waals surface area contributed by atoms with Crippen LogP contribution < -0.4 is 10.6 Å². The minimum atomic E-state index is 0.434. The van der Waals surface area contributed by atoms with Gasteiger partial charge in [-0.15, -0.1) is 0 Å². The van der Waals surface area contributed by atoms with E-state index in [9.17, 15) is 0 Å². The summed E-state index contributed by atoms with van der Waals surface area (Å²) in [5, 5.41) is 6.61. The molecule has 0 spiro atoms. The largest absolute Gasteiger partial charge is 0.380 e. The number of hydrogen-bond donors (Lipinski definition) is 2. The first kappa shape index (κ1) is 15.3. The Balaban J connectivity index is 1.87. The van der Waals surface area contributed by atoms with Gasteiger partial charge >= 0.3 is 0 Å². The highest BCUT2D eigenvalue weighted by Gasteiger charge is 2.05. The predicted molar refractivity (Wildman–Crippen MR) is 88.9 cm³/mol. The van der Waals surface area contributed by atoms with Crippen molar-refractivity contribution in [2.45, 2.75) is 39.7 Å². The SMILES string of the molecule is CC(C)CCC(C)Nc1cnc(Nc2ccccc2)nc1. The van der Waals surface area contributed by atoms with Crippen molar-refractivity contribution in [1.82, 2.24) is 9.97 Å². The molecule has 1 heterocycles. The number of hydrogen-bond acceptors (Lipinski definition) is 4. The standard InChI is InChI=1S/C17H24N4/c1-13(2)9-10-14(3)20-16-11-18-17(19-12-16)21-15-7-5-4-6-8-15/h4-8,11-14,20H,9-10H2,1-3H3,(H,18,19,21). The summed E-state index contributed by atoms with van der Waals surface area (Å²) in [6.07, 6.45) is 6.03. The van der Waals surface area contributed by atoms with E-state index in [0.29, 0.717) is 12.0 Å². The summed E-state index contributed by atoms with van der Waals surface area (Å²) < 4.78 is 0. The fourth-order valence-electron chi connectivity index (χ4n) is 2.06. The Labute approximate surface area is 127 Å². The van der Waals surface area contributed by atoms with Crippen molar-refractivity contribution in [3.8, 4) is 0 Å². The predicted octanol–water partition coefficient (Wildman–Crippen LogP) is 4.46. The van der Waals surface area contributed by atoms with Gasteiger partial charge in [-0.3, -0.25) is 0 Å². The van der Waals surface area contributed by atoms with E-state index in [1.54, 1.807) is 0 Å². The maximum atomic E-state index is 4.34. The lowest BCUT2D eigenvalue weighted by Crippen LogP contribution is -2.16. The van der Waals surface area contributed by atoms with Crippen molar-refractivity contribution in [3.05, 3.63) is 42.7 Å². The molecule has 0 fully saturated rings. The Hall–Kier alpha value is -2.10. The summed E-state index contributed by atoms with van der Waals surface area (Å²) >= 11 is 0. The van der Waals surface area contributed by atoms with Gasteiger partial charge in [0.05, 0.1) is 18.1 Å². The van der Waals surface area contributed by atoms with Crippen LogP contribution in [0.2, 0.25) is 0 Å². The topological polar surface area (TPSA) is 49.8 Å². The van der Waals surface area contributed by atoms with E-state index < -0.39 is 0 Å². The second-order valence-corrected chi connectivity index (χ2v) is 5.80. The van der Waals surface area contributed by atoms with Crippen molar-refractivity contribution in [2.24, 2.45) is 5.92 Å². The quantitative estimate of drug-likeness (QED) is 0.788. The van der Waals surface area contributed by atoms with E-state index in [0.717, 1.165) is 23.7 Å². The summed E-state index contributed by atoms with van der Waals surface area (Å²) in [5.74, 6) is 1.35. The second-order valence-electron chi connectivity index (χ2n) is 5.80. The van der Waals surface area contributed by atoms with E-state index in [-0.39, 0.29) is 0 Å². The van der Waals surface area contributed by atoms with Gasteiger partial charge in [-0.1, -0.05) is 32.0 Å². The zero-order chi connectivity index (χ0) is 15.1. The van der Waals surface area contributed by atoms with Gasteiger partial charge in [-0.25, -0.2) is 9.97 Å². The highest BCUT2D eigenvalue weighted by Crippen LogP contribution is 2.15. The number of aromatic nitrogens is 2. The highest BCUT2D eigenvalue weighted by atomic mass is 15.1. The molecule has 21 heavy (non-hydrogen) atoms. The van der Waals surface area contributed by atoms with Crippen molar-refractivity contribution in [2.75, 3.05) is 10.6 Å². The van der Waals surface area contributed by atoms with E-state index in [1.165, 1.54) is 6.42 Å². The Morgan fingerprint density at radius 2 is 1.57 bits per heavy atom. The fraction of sp³-hybridized carbons (Fsp3) is 0.412. The first-order valence-corrected chi connectivity index (χ1v) is 7.54. The third-order valence-electron chi connectivity index (χ3n) is 3.27. The van der Waals surface area contributed by atoms with Crippen LogP contribution in [-0.2, 0) is 0 Å². The maximum absolute atomic E-state index is 4.34. The van der Waals surface area contributed by atoms with Gasteiger partial charge in [0.25, 0.3) is 0 Å². The number of rotatable bonds is 7. The molecule has 0 bridgehead atoms. The van der Waals surface area contributed by atoms with Crippen molar-refractivity contribution < 1.29 is 0 Å². The Morgan fingerprint density at radius 1 is 0.905 bits per heavy atom. The molecule has 0 saturated carbocycles. The summed E-state index contributed by atoms with van der Waals surface area (Å²) in [6.45, 7) is 6.69. The molecule has 0 aliphatic rings. The lowest BCUT2D eigenvalue weighted by Gasteiger charge is -2.16. The molecular weight excluding hydrogens is 260 g/mol. The molecule has 4 nitrogen and oxygen atoms in total. The maximum Gasteiger partial charge on any atom is 0.227 e. The highest BCUT2D eigenvalue weighted by molar-refractivity contribution is 5.53. The van der Waals surface area contributed by atoms with Crippen LogP contribution in [0.25, 0.3) is 0 Å². The zero-order valence-electron chi connectivity index (χ0n) is 13.0. The van der Waals surface area contributed by atoms with E-state index in [2.05, 4.69) is 41.4 Å². The van der Waals surface area contributed by atoms with Crippen LogP contribution in [0.4, 0.5) is 17.3 Å². The Morgan fingerprint density at radius 3 is 2.19 bits per heavy atom. The van der Waals surface area contributed by atoms with Crippen LogP contribution in [0.3, 0.4) is 0 Å². The molecule has 1 aromatic carbocycles. The summed E-state index contributed by atoms with van der Waals surface area (Å²) in [4.78, 5) is 8.68. The summed E-state index contributed by atoms with van der Waals surface area (Å²) in [7, 11) is 0. The molecule has 0 saturated heterocycles. The molecule has 0 amide bonds. The van der Waals surface area contributed by atoms with E-state index >= 15 is 0 Å². The molecule has 1 aromatic heterocycles. The molecule has 1 atom stereocenters. The third kappa shape index (κ3) is 5.42. The molecule has 112 valence electrons. The van der Waals surface area contributed by atoms with Crippen LogP contribution in [0.5, 0.6) is 0 Å². The number of nitrogens with zero attached hydrogens (tertiary/aromatic N) is 2. The monoisotopic (exact) mass is 284 g/mol. The number of anilines is 3. The Kier molecular flexibility index (Phi) is 5.55. The second kappa shape index (κ2) is 7.62. The summed E-state index contributed by atoms with van der Waals surface area (Å²) in [5.41, 5.74) is 1.95. The third-order valence-corrected chi connectivity index (χ3v) is 3.27. The van der Waals surface area contributed by atoms with Gasteiger partial charge in [-0.2, -0.15) is 0 Å². The minimum absolute atomic E-state index is 0.434. The van der Waals surface area contributed by atoms with Gasteiger partial charge in [-0.05, 0) is 37.8 Å². The van der Waals surface area contributed by atoms with Gasteiger partial charge in [0.2, 0.25) is 5.95 Å². The smallest absolute Gasteiger partial charge is 0.227 e. The van der Waals surface area contributed by atoms with Gasteiger partial charge < -0.3 is 10.6 Å². The fourth-order valence-corrected chi connectivity index (χ4v) is 2.06. The Bertz CT molecular complexity index is 522. The molecule has 4 heteroatoms. The van der Waals surface area contributed by atoms with Crippen LogP contribution in [0.15, 0.2) is 42.7 Å². The molecule has 0 radical (unpaired) electrons. The van der Waals surface area contributed by atoms with Crippen molar-refractivity contribution in [1.29, 1.82) is 0 Å². The van der Waals surface area contributed by atoms with Crippen LogP contribution in [0.1, 0.15) is 33.6 Å². The molecule has 1 unspecified atom stereocenters. The van der Waals surface area contributed by atoms with Crippen LogP contribution in [-0.4, -0.2) is 16.0 Å². The molecule has 0 aliphatic carbocycles. The number of nitrogens with one attached hydrogen (secondary N) is 2. The van der Waals surface area contributed by atoms with Crippen LogP contribution >= 0.6 is 0 Å². The number of benzene rings is 1. The van der Waals surface area contributed by atoms with E-state index in [4.69, 9.17) is 0 Å². The summed E-state index contributed by atoms with van der Waals surface area (Å²) in [6, 6.07) is 10.4. The minimum Gasteiger partial charge on any atom is -0.380 e. The van der Waals surface area contributed by atoms with E-state index in [1.807, 2.05) is 42.7 Å². The molecule has 2 N–H and O–H groups in total. The van der Waals surface area contributed by atoms with Crippen molar-refractivity contribution >= 4 is 17.3 Å². The van der Waals surface area contributed by atoms with Crippen LogP contribution in [0, 0.1) is 5.92 Å². The lowest BCUT2D eigenvalue weighted by atomic mass is 10.0. The average Bonchev–Trinajstić information content (AvgIpc) is 2.48. The van der Waals surface area contributed by atoms with Crippen molar-refractivity contribution in [3.63, 3.8) is 0 Å². The average molecular weight is 284 g/mol. The normalized spacial score (nSPS) is 12.2. The van der Waals surface area contributed by atoms with Gasteiger partial charge in [0, 0.05) is 11.7 Å². The van der Waals surface area contributed by atoms with Gasteiger partial charge in [0.15, 0.2) is 0 Å². The molecular formula is C17H24N4. The van der Waals surface area contributed by atoms with Gasteiger partial charge in [0.1, 0.15) is 0 Å². The number of para-hydroxylation sites is 1. The first-order chi connectivity index (χ1) is 10.1. The molecule has 0 aliphatic heterocycles. The molecule has 2 aromatic rings. The zero-order valence-corrected chi connectivity index (χ0v) is 13.0. The molecule has 2 rings (SSSR count). The lowest BCUT2D eigenvalue weighted by molar-refractivity contribution is 0.527. The first-order valence-electron chi connectivity index (χ1n) is 7.54.